The summed E-state index contributed by atoms with van der Waals surface area (Å²) in [6.45, 7) is 1.09. The zero-order valence-electron chi connectivity index (χ0n) is 13.9. The van der Waals surface area contributed by atoms with Crippen molar-refractivity contribution < 1.29 is 4.79 Å². The van der Waals surface area contributed by atoms with Crippen molar-refractivity contribution in [2.75, 3.05) is 0 Å². The predicted molar refractivity (Wildman–Crippen MR) is 96.3 cm³/mol. The first-order chi connectivity index (χ1) is 12.8. The van der Waals surface area contributed by atoms with Gasteiger partial charge in [-0.15, -0.1) is 0 Å². The minimum absolute atomic E-state index is 0.241. The van der Waals surface area contributed by atoms with Crippen LogP contribution in [-0.2, 0) is 13.1 Å². The van der Waals surface area contributed by atoms with Crippen LogP contribution < -0.4 is 5.32 Å². The normalized spacial score (nSPS) is 10.8. The maximum Gasteiger partial charge on any atom is 0.271 e. The molecule has 0 aliphatic heterocycles. The van der Waals surface area contributed by atoms with Crippen LogP contribution in [0.25, 0.3) is 11.0 Å². The molecule has 0 aliphatic carbocycles. The van der Waals surface area contributed by atoms with E-state index in [0.29, 0.717) is 24.3 Å². The Morgan fingerprint density at radius 3 is 2.54 bits per heavy atom. The Labute approximate surface area is 149 Å². The number of para-hydroxylation sites is 2. The second kappa shape index (κ2) is 7.10. The van der Waals surface area contributed by atoms with Crippen LogP contribution in [0.4, 0.5) is 0 Å². The second-order valence-corrected chi connectivity index (χ2v) is 5.84. The lowest BCUT2D eigenvalue weighted by molar-refractivity contribution is 0.0946. The molecule has 128 valence electrons. The number of benzene rings is 2. The summed E-state index contributed by atoms with van der Waals surface area (Å²) in [4.78, 5) is 24.9. The first-order valence-corrected chi connectivity index (χ1v) is 8.18. The summed E-state index contributed by atoms with van der Waals surface area (Å²) in [5.74, 6) is -0.241. The van der Waals surface area contributed by atoms with Crippen molar-refractivity contribution in [3.8, 4) is 0 Å². The molecule has 0 radical (unpaired) electrons. The van der Waals surface area contributed by atoms with Crippen LogP contribution in [0.1, 0.15) is 21.6 Å². The molecular weight excluding hydrogens is 328 g/mol. The van der Waals surface area contributed by atoms with Crippen LogP contribution in [0.3, 0.4) is 0 Å². The Balaban J connectivity index is 1.38. The molecule has 1 amide bonds. The number of nitrogens with zero attached hydrogens (tertiary/aromatic N) is 5. The van der Waals surface area contributed by atoms with Crippen molar-refractivity contribution in [3.05, 3.63) is 84.2 Å². The molecule has 1 N–H and O–H groups in total. The molecule has 2 aromatic heterocycles. The van der Waals surface area contributed by atoms with Gasteiger partial charge in [0.15, 0.2) is 0 Å². The third-order valence-electron chi connectivity index (χ3n) is 3.97. The molecule has 7 heteroatoms. The van der Waals surface area contributed by atoms with Crippen LogP contribution in [0.5, 0.6) is 0 Å². The van der Waals surface area contributed by atoms with Gasteiger partial charge >= 0.3 is 0 Å². The number of rotatable bonds is 5. The van der Waals surface area contributed by atoms with E-state index in [1.54, 1.807) is 11.0 Å². The minimum atomic E-state index is -0.241. The molecule has 0 atom stereocenters. The Hall–Kier alpha value is -3.61. The Kier molecular flexibility index (Phi) is 4.34. The standard InChI is InChI=1S/C19H16N6O/c26-19(18-10-21-16-3-1-2-4-17(16)24-18)22-9-14-5-7-15(8-6-14)11-25-13-20-12-23-25/h1-8,10,12-13H,9,11H2,(H,22,26). The van der Waals surface area contributed by atoms with Gasteiger partial charge in [0.1, 0.15) is 18.3 Å². The molecule has 0 aliphatic rings. The molecule has 4 aromatic rings. The minimum Gasteiger partial charge on any atom is -0.347 e. The van der Waals surface area contributed by atoms with Crippen molar-refractivity contribution in [3.63, 3.8) is 0 Å². The highest BCUT2D eigenvalue weighted by Gasteiger charge is 2.08. The second-order valence-electron chi connectivity index (χ2n) is 5.84. The van der Waals surface area contributed by atoms with E-state index < -0.39 is 0 Å². The molecule has 0 saturated carbocycles. The molecule has 0 bridgehead atoms. The molecular formula is C19H16N6O. The molecule has 26 heavy (non-hydrogen) atoms. The van der Waals surface area contributed by atoms with Crippen LogP contribution >= 0.6 is 0 Å². The fourth-order valence-corrected chi connectivity index (χ4v) is 2.60. The highest BCUT2D eigenvalue weighted by atomic mass is 16.1. The van der Waals surface area contributed by atoms with Crippen molar-refractivity contribution in [1.29, 1.82) is 0 Å². The van der Waals surface area contributed by atoms with Gasteiger partial charge in [-0.05, 0) is 23.3 Å². The molecule has 0 saturated heterocycles. The zero-order chi connectivity index (χ0) is 17.8. The van der Waals surface area contributed by atoms with E-state index in [1.165, 1.54) is 12.5 Å². The van der Waals surface area contributed by atoms with Gasteiger partial charge in [-0.2, -0.15) is 5.10 Å². The maximum atomic E-state index is 12.3. The quantitative estimate of drug-likeness (QED) is 0.600. The summed E-state index contributed by atoms with van der Waals surface area (Å²) in [6, 6.07) is 15.5. The lowest BCUT2D eigenvalue weighted by atomic mass is 10.1. The average molecular weight is 344 g/mol. The zero-order valence-corrected chi connectivity index (χ0v) is 13.9. The van der Waals surface area contributed by atoms with Crippen molar-refractivity contribution in [2.45, 2.75) is 13.1 Å². The third-order valence-corrected chi connectivity index (χ3v) is 3.97. The van der Waals surface area contributed by atoms with E-state index in [1.807, 2.05) is 48.5 Å². The smallest absolute Gasteiger partial charge is 0.271 e. The summed E-state index contributed by atoms with van der Waals surface area (Å²) in [6.07, 6.45) is 4.69. The van der Waals surface area contributed by atoms with Crippen molar-refractivity contribution >= 4 is 16.9 Å². The monoisotopic (exact) mass is 344 g/mol. The van der Waals surface area contributed by atoms with Gasteiger partial charge < -0.3 is 5.32 Å². The largest absolute Gasteiger partial charge is 0.347 e. The van der Waals surface area contributed by atoms with Gasteiger partial charge in [-0.1, -0.05) is 36.4 Å². The Bertz CT molecular complexity index is 1030. The van der Waals surface area contributed by atoms with E-state index in [2.05, 4.69) is 25.4 Å². The van der Waals surface area contributed by atoms with E-state index in [-0.39, 0.29) is 5.91 Å². The number of nitrogens with one attached hydrogen (secondary N) is 1. The summed E-state index contributed by atoms with van der Waals surface area (Å²) in [7, 11) is 0. The summed E-state index contributed by atoms with van der Waals surface area (Å²) in [5.41, 5.74) is 3.91. The van der Waals surface area contributed by atoms with Gasteiger partial charge in [0.25, 0.3) is 5.91 Å². The van der Waals surface area contributed by atoms with Gasteiger partial charge in [-0.25, -0.2) is 14.6 Å². The summed E-state index contributed by atoms with van der Waals surface area (Å²) >= 11 is 0. The number of carbonyl (C=O) groups excluding carboxylic acids is 1. The number of amides is 1. The maximum absolute atomic E-state index is 12.3. The fraction of sp³-hybridized carbons (Fsp3) is 0.105. The molecule has 0 fully saturated rings. The molecule has 2 heterocycles. The average Bonchev–Trinajstić information content (AvgIpc) is 3.20. The highest BCUT2D eigenvalue weighted by Crippen LogP contribution is 2.09. The van der Waals surface area contributed by atoms with Crippen molar-refractivity contribution in [2.24, 2.45) is 0 Å². The van der Waals surface area contributed by atoms with Crippen LogP contribution in [-0.4, -0.2) is 30.6 Å². The lowest BCUT2D eigenvalue weighted by Gasteiger charge is -2.07. The number of hydrogen-bond acceptors (Lipinski definition) is 5. The molecule has 0 unspecified atom stereocenters. The van der Waals surface area contributed by atoms with Crippen LogP contribution in [0.15, 0.2) is 67.4 Å². The topological polar surface area (TPSA) is 85.6 Å². The number of aromatic nitrogens is 5. The van der Waals surface area contributed by atoms with Gasteiger partial charge in [0.2, 0.25) is 0 Å². The molecule has 2 aromatic carbocycles. The molecule has 4 rings (SSSR count). The summed E-state index contributed by atoms with van der Waals surface area (Å²) < 4.78 is 1.76. The summed E-state index contributed by atoms with van der Waals surface area (Å²) in [5, 5.41) is 6.96. The predicted octanol–water partition coefficient (Wildman–Crippen LogP) is 2.20. The number of carbonyl (C=O) groups is 1. The van der Waals surface area contributed by atoms with Crippen LogP contribution in [0, 0.1) is 0 Å². The SMILES string of the molecule is O=C(NCc1ccc(Cn2cncn2)cc1)c1cnc2ccccc2n1. The lowest BCUT2D eigenvalue weighted by Crippen LogP contribution is -2.24. The van der Waals surface area contributed by atoms with E-state index >= 15 is 0 Å². The Morgan fingerprint density at radius 1 is 1.00 bits per heavy atom. The molecule has 0 spiro atoms. The fourth-order valence-electron chi connectivity index (χ4n) is 2.60. The van der Waals surface area contributed by atoms with E-state index in [0.717, 1.165) is 16.6 Å². The first kappa shape index (κ1) is 15.9. The van der Waals surface area contributed by atoms with Crippen molar-refractivity contribution in [1.82, 2.24) is 30.0 Å². The van der Waals surface area contributed by atoms with Gasteiger partial charge in [-0.3, -0.25) is 9.78 Å². The van der Waals surface area contributed by atoms with Gasteiger partial charge in [0.05, 0.1) is 23.8 Å². The third kappa shape index (κ3) is 3.56. The first-order valence-electron chi connectivity index (χ1n) is 8.18. The number of fused-ring (bicyclic) bond motifs is 1. The van der Waals surface area contributed by atoms with Crippen LogP contribution in [0.2, 0.25) is 0 Å². The van der Waals surface area contributed by atoms with Gasteiger partial charge in [0, 0.05) is 6.54 Å². The Morgan fingerprint density at radius 2 is 1.77 bits per heavy atom. The number of hydrogen-bond donors (Lipinski definition) is 1. The molecule has 7 nitrogen and oxygen atoms in total. The van der Waals surface area contributed by atoms with E-state index in [9.17, 15) is 4.79 Å². The highest BCUT2D eigenvalue weighted by molar-refractivity contribution is 5.93. The van der Waals surface area contributed by atoms with E-state index in [4.69, 9.17) is 0 Å².